The summed E-state index contributed by atoms with van der Waals surface area (Å²) < 4.78 is 73.9. The molecule has 3 nitrogen and oxygen atoms in total. The van der Waals surface area contributed by atoms with Crippen LogP contribution in [-0.4, -0.2) is 17.8 Å². The first-order valence-corrected chi connectivity index (χ1v) is 10.2. The van der Waals surface area contributed by atoms with Gasteiger partial charge in [-0.15, -0.1) is 0 Å². The van der Waals surface area contributed by atoms with Gasteiger partial charge in [0.25, 0.3) is 0 Å². The van der Waals surface area contributed by atoms with Gasteiger partial charge >= 0.3 is 6.18 Å². The molecule has 0 aliphatic carbocycles. The van der Waals surface area contributed by atoms with Gasteiger partial charge in [-0.3, -0.25) is 0 Å². The third-order valence-electron chi connectivity index (χ3n) is 4.64. The largest absolute Gasteiger partial charge is 0.464 e. The van der Waals surface area contributed by atoms with Crippen LogP contribution in [0, 0.1) is 5.82 Å². The molecule has 0 atom stereocenters. The van der Waals surface area contributed by atoms with Crippen LogP contribution in [0.3, 0.4) is 0 Å². The summed E-state index contributed by atoms with van der Waals surface area (Å²) in [6.45, 7) is 0.0926. The van der Waals surface area contributed by atoms with Gasteiger partial charge in [-0.1, -0.05) is 6.08 Å². The number of anilines is 1. The molecular formula is C21H15F5N2OS. The van der Waals surface area contributed by atoms with Crippen LogP contribution < -0.4 is 4.90 Å². The maximum absolute atomic E-state index is 14.9. The van der Waals surface area contributed by atoms with E-state index >= 15 is 0 Å². The molecule has 9 heteroatoms. The Labute approximate surface area is 172 Å². The molecular weight excluding hydrogens is 423 g/mol. The standard InChI is InChI=1S/C21H15F5N2OS/c1-30-11-12-8-18(21(24,25)26)27-19(9-12)28-6-4-13(17(23)10-28)14-2-3-16(22)15-5-7-29-20(14)15/h2-5,7-10H,6,11H2,1H3. The summed E-state index contributed by atoms with van der Waals surface area (Å²) in [5, 5.41) is 0.227. The monoisotopic (exact) mass is 438 g/mol. The third kappa shape index (κ3) is 3.81. The van der Waals surface area contributed by atoms with Gasteiger partial charge in [0.15, 0.2) is 0 Å². The summed E-state index contributed by atoms with van der Waals surface area (Å²) in [4.78, 5) is 4.99. The first-order chi connectivity index (χ1) is 14.3. The van der Waals surface area contributed by atoms with Crippen molar-refractivity contribution in [3.63, 3.8) is 0 Å². The Kier molecular flexibility index (Phi) is 5.31. The zero-order valence-corrected chi connectivity index (χ0v) is 16.5. The van der Waals surface area contributed by atoms with Crippen LogP contribution in [0.15, 0.2) is 59.1 Å². The number of benzene rings is 1. The molecule has 2 aromatic heterocycles. The number of furan rings is 1. The van der Waals surface area contributed by atoms with Gasteiger partial charge in [0.1, 0.15) is 28.7 Å². The molecule has 3 heterocycles. The third-order valence-corrected chi connectivity index (χ3v) is 5.26. The van der Waals surface area contributed by atoms with Gasteiger partial charge in [-0.2, -0.15) is 24.9 Å². The Morgan fingerprint density at radius 1 is 1.17 bits per heavy atom. The molecule has 1 aliphatic heterocycles. The normalized spacial score (nSPS) is 14.8. The van der Waals surface area contributed by atoms with Gasteiger partial charge in [0, 0.05) is 29.6 Å². The van der Waals surface area contributed by atoms with Gasteiger partial charge in [0.2, 0.25) is 0 Å². The van der Waals surface area contributed by atoms with Crippen molar-refractivity contribution in [2.75, 3.05) is 17.7 Å². The lowest BCUT2D eigenvalue weighted by Crippen LogP contribution is -2.23. The zero-order valence-electron chi connectivity index (χ0n) is 15.6. The van der Waals surface area contributed by atoms with E-state index in [2.05, 4.69) is 4.98 Å². The van der Waals surface area contributed by atoms with E-state index in [-0.39, 0.29) is 28.9 Å². The summed E-state index contributed by atoms with van der Waals surface area (Å²) in [7, 11) is 0. The van der Waals surface area contributed by atoms with Crippen molar-refractivity contribution in [3.05, 3.63) is 77.3 Å². The van der Waals surface area contributed by atoms with Crippen molar-refractivity contribution < 1.29 is 26.4 Å². The van der Waals surface area contributed by atoms with E-state index in [9.17, 15) is 22.0 Å². The van der Waals surface area contributed by atoms with Crippen molar-refractivity contribution >= 4 is 34.1 Å². The summed E-state index contributed by atoms with van der Waals surface area (Å²) in [6, 6.07) is 6.59. The summed E-state index contributed by atoms with van der Waals surface area (Å²) in [6.07, 6.45) is 1.09. The molecule has 1 aromatic carbocycles. The van der Waals surface area contributed by atoms with Crippen LogP contribution in [0.2, 0.25) is 0 Å². The number of pyridine rings is 1. The molecule has 0 radical (unpaired) electrons. The lowest BCUT2D eigenvalue weighted by Gasteiger charge is -2.24. The number of allylic oxidation sites excluding steroid dienone is 2. The minimum Gasteiger partial charge on any atom is -0.464 e. The quantitative estimate of drug-likeness (QED) is 0.431. The van der Waals surface area contributed by atoms with Gasteiger partial charge in [-0.05, 0) is 42.2 Å². The van der Waals surface area contributed by atoms with Crippen LogP contribution in [0.4, 0.5) is 27.8 Å². The summed E-state index contributed by atoms with van der Waals surface area (Å²) >= 11 is 1.37. The molecule has 0 N–H and O–H groups in total. The maximum Gasteiger partial charge on any atom is 0.433 e. The van der Waals surface area contributed by atoms with Crippen LogP contribution in [0.1, 0.15) is 16.8 Å². The van der Waals surface area contributed by atoms with E-state index in [0.29, 0.717) is 16.9 Å². The van der Waals surface area contributed by atoms with E-state index in [4.69, 9.17) is 4.42 Å². The minimum absolute atomic E-state index is 0.00146. The molecule has 0 amide bonds. The van der Waals surface area contributed by atoms with E-state index < -0.39 is 23.5 Å². The number of rotatable bonds is 4. The zero-order chi connectivity index (χ0) is 21.5. The summed E-state index contributed by atoms with van der Waals surface area (Å²) in [5.74, 6) is -0.802. The van der Waals surface area contributed by atoms with E-state index in [1.165, 1.54) is 53.3 Å². The van der Waals surface area contributed by atoms with Crippen LogP contribution >= 0.6 is 11.8 Å². The van der Waals surface area contributed by atoms with E-state index in [1.54, 1.807) is 6.26 Å². The average Bonchev–Trinajstić information content (AvgIpc) is 3.19. The molecule has 0 saturated carbocycles. The van der Waals surface area contributed by atoms with E-state index in [0.717, 1.165) is 12.3 Å². The molecule has 156 valence electrons. The van der Waals surface area contributed by atoms with Crippen LogP contribution in [0.25, 0.3) is 16.5 Å². The highest BCUT2D eigenvalue weighted by Gasteiger charge is 2.34. The number of aromatic nitrogens is 1. The van der Waals surface area contributed by atoms with Crippen molar-refractivity contribution in [3.8, 4) is 0 Å². The average molecular weight is 438 g/mol. The predicted octanol–water partition coefficient (Wildman–Crippen LogP) is 6.56. The van der Waals surface area contributed by atoms with Crippen molar-refractivity contribution in [1.82, 2.24) is 4.98 Å². The van der Waals surface area contributed by atoms with E-state index in [1.807, 2.05) is 0 Å². The molecule has 0 unspecified atom stereocenters. The Hall–Kier alpha value is -2.81. The molecule has 0 spiro atoms. The van der Waals surface area contributed by atoms with Crippen molar-refractivity contribution in [1.29, 1.82) is 0 Å². The number of hydrogen-bond donors (Lipinski definition) is 0. The molecule has 1 aliphatic rings. The molecule has 0 saturated heterocycles. The summed E-state index contributed by atoms with van der Waals surface area (Å²) in [5.41, 5.74) is 0.174. The number of fused-ring (bicyclic) bond motifs is 1. The number of hydrogen-bond acceptors (Lipinski definition) is 4. The SMILES string of the molecule is CSCc1cc(N2C=C(F)C(c3ccc(F)c4ccoc34)=CC2)nc(C(F)(F)F)c1. The highest BCUT2D eigenvalue weighted by Crippen LogP contribution is 2.36. The number of thioether (sulfide) groups is 1. The fraction of sp³-hybridized carbons (Fsp3) is 0.190. The molecule has 30 heavy (non-hydrogen) atoms. The van der Waals surface area contributed by atoms with Crippen LogP contribution in [0.5, 0.6) is 0 Å². The molecule has 4 rings (SSSR count). The second kappa shape index (κ2) is 7.79. The predicted molar refractivity (Wildman–Crippen MR) is 107 cm³/mol. The molecule has 0 fully saturated rings. The smallest absolute Gasteiger partial charge is 0.433 e. The Morgan fingerprint density at radius 2 is 1.97 bits per heavy atom. The number of alkyl halides is 3. The first kappa shape index (κ1) is 20.5. The fourth-order valence-electron chi connectivity index (χ4n) is 3.30. The van der Waals surface area contributed by atoms with Crippen molar-refractivity contribution in [2.45, 2.75) is 11.9 Å². The highest BCUT2D eigenvalue weighted by atomic mass is 32.2. The Morgan fingerprint density at radius 3 is 2.67 bits per heavy atom. The molecule has 3 aromatic rings. The first-order valence-electron chi connectivity index (χ1n) is 8.85. The Bertz CT molecular complexity index is 1170. The van der Waals surface area contributed by atoms with Crippen molar-refractivity contribution in [2.24, 2.45) is 0 Å². The number of halogens is 5. The minimum atomic E-state index is -4.61. The Balaban J connectivity index is 1.70. The van der Waals surface area contributed by atoms with Gasteiger partial charge in [0.05, 0.1) is 11.6 Å². The second-order valence-electron chi connectivity index (χ2n) is 6.66. The maximum atomic E-state index is 14.9. The number of nitrogens with zero attached hydrogens (tertiary/aromatic N) is 2. The van der Waals surface area contributed by atoms with Crippen LogP contribution in [-0.2, 0) is 11.9 Å². The van der Waals surface area contributed by atoms with Gasteiger partial charge in [-0.25, -0.2) is 13.8 Å². The topological polar surface area (TPSA) is 29.3 Å². The lowest BCUT2D eigenvalue weighted by molar-refractivity contribution is -0.141. The lowest BCUT2D eigenvalue weighted by atomic mass is 10.0. The highest BCUT2D eigenvalue weighted by molar-refractivity contribution is 7.97. The molecule has 0 bridgehead atoms. The van der Waals surface area contributed by atoms with Gasteiger partial charge < -0.3 is 9.32 Å². The fourth-order valence-corrected chi connectivity index (χ4v) is 3.80. The second-order valence-corrected chi connectivity index (χ2v) is 7.52.